The average molecular weight is 465 g/mol. The van der Waals surface area contributed by atoms with E-state index in [1.165, 1.54) is 17.7 Å². The van der Waals surface area contributed by atoms with E-state index in [-0.39, 0.29) is 12.4 Å². The normalized spacial score (nSPS) is 16.3. The molecular weight excluding hydrogens is 431 g/mol. The van der Waals surface area contributed by atoms with Crippen LogP contribution in [-0.2, 0) is 6.42 Å². The summed E-state index contributed by atoms with van der Waals surface area (Å²) >= 11 is 0. The van der Waals surface area contributed by atoms with E-state index in [4.69, 9.17) is 4.74 Å². The summed E-state index contributed by atoms with van der Waals surface area (Å²) in [6.45, 7) is 3.99. The van der Waals surface area contributed by atoms with E-state index in [1.54, 1.807) is 12.1 Å². The summed E-state index contributed by atoms with van der Waals surface area (Å²) in [5, 5.41) is 21.3. The SMILES string of the molecule is OC(COc1ccccc1C(O)CCc1ccccc1)CN1CCN(c2ccc(F)cc2)CC1. The molecule has 0 aromatic heterocycles. The number of aliphatic hydroxyl groups is 2. The first-order valence-electron chi connectivity index (χ1n) is 11.9. The van der Waals surface area contributed by atoms with E-state index in [1.807, 2.05) is 42.5 Å². The Labute approximate surface area is 201 Å². The van der Waals surface area contributed by atoms with Crippen molar-refractivity contribution >= 4 is 5.69 Å². The lowest BCUT2D eigenvalue weighted by molar-refractivity contribution is 0.0643. The molecule has 0 spiro atoms. The van der Waals surface area contributed by atoms with Gasteiger partial charge in [-0.25, -0.2) is 4.39 Å². The Hall–Kier alpha value is -2.93. The van der Waals surface area contributed by atoms with Crippen molar-refractivity contribution in [2.75, 3.05) is 44.2 Å². The van der Waals surface area contributed by atoms with Crippen LogP contribution >= 0.6 is 0 Å². The number of piperazine rings is 1. The number of β-amino-alcohol motifs (C(OH)–C–C–N with tert-alkyl or cyclic N) is 1. The van der Waals surface area contributed by atoms with E-state index >= 15 is 0 Å². The summed E-state index contributed by atoms with van der Waals surface area (Å²) in [7, 11) is 0. The van der Waals surface area contributed by atoms with E-state index in [0.29, 0.717) is 18.7 Å². The maximum absolute atomic E-state index is 13.2. The molecule has 1 saturated heterocycles. The molecule has 5 nitrogen and oxygen atoms in total. The van der Waals surface area contributed by atoms with Crippen LogP contribution in [0.1, 0.15) is 23.7 Å². The number of aliphatic hydroxyl groups excluding tert-OH is 2. The van der Waals surface area contributed by atoms with Crippen LogP contribution in [0, 0.1) is 5.82 Å². The molecule has 3 aromatic rings. The van der Waals surface area contributed by atoms with Gasteiger partial charge in [-0.3, -0.25) is 4.90 Å². The van der Waals surface area contributed by atoms with E-state index in [0.717, 1.165) is 43.9 Å². The number of para-hydroxylation sites is 1. The lowest BCUT2D eigenvalue weighted by atomic mass is 10.0. The highest BCUT2D eigenvalue weighted by atomic mass is 19.1. The maximum atomic E-state index is 13.2. The minimum atomic E-state index is -0.633. The highest BCUT2D eigenvalue weighted by Gasteiger charge is 2.20. The minimum absolute atomic E-state index is 0.167. The lowest BCUT2D eigenvalue weighted by Crippen LogP contribution is -2.49. The van der Waals surface area contributed by atoms with Crippen LogP contribution in [0.5, 0.6) is 5.75 Å². The number of ether oxygens (including phenoxy) is 1. The standard InChI is InChI=1S/C28H33FN2O3/c29-23-11-13-24(14-12-23)31-18-16-30(17-19-31)20-25(32)21-34-28-9-5-4-8-26(28)27(33)15-10-22-6-2-1-3-7-22/h1-9,11-14,25,27,32-33H,10,15-21H2. The van der Waals surface area contributed by atoms with E-state index in [9.17, 15) is 14.6 Å². The molecule has 4 rings (SSSR count). The number of nitrogens with zero attached hydrogens (tertiary/aromatic N) is 2. The molecule has 1 heterocycles. The Bertz CT molecular complexity index is 1010. The van der Waals surface area contributed by atoms with Crippen molar-refractivity contribution in [2.45, 2.75) is 25.0 Å². The summed E-state index contributed by atoms with van der Waals surface area (Å²) < 4.78 is 19.1. The third-order valence-corrected chi connectivity index (χ3v) is 6.29. The van der Waals surface area contributed by atoms with Gasteiger partial charge in [0, 0.05) is 44.0 Å². The summed E-state index contributed by atoms with van der Waals surface area (Å²) in [5.41, 5.74) is 2.96. The zero-order valence-corrected chi connectivity index (χ0v) is 19.4. The van der Waals surface area contributed by atoms with Crippen molar-refractivity contribution in [3.63, 3.8) is 0 Å². The number of rotatable bonds is 10. The minimum Gasteiger partial charge on any atom is -0.490 e. The third-order valence-electron chi connectivity index (χ3n) is 6.29. The molecule has 1 fully saturated rings. The van der Waals surface area contributed by atoms with Crippen molar-refractivity contribution in [3.05, 3.63) is 95.8 Å². The van der Waals surface area contributed by atoms with Gasteiger partial charge in [0.1, 0.15) is 24.3 Å². The Morgan fingerprint density at radius 3 is 2.24 bits per heavy atom. The highest BCUT2D eigenvalue weighted by Crippen LogP contribution is 2.28. The van der Waals surface area contributed by atoms with Gasteiger partial charge in [0.2, 0.25) is 0 Å². The van der Waals surface area contributed by atoms with Crippen molar-refractivity contribution in [1.82, 2.24) is 4.90 Å². The molecule has 0 radical (unpaired) electrons. The lowest BCUT2D eigenvalue weighted by Gasteiger charge is -2.36. The van der Waals surface area contributed by atoms with Crippen LogP contribution in [-0.4, -0.2) is 60.5 Å². The topological polar surface area (TPSA) is 56.2 Å². The fourth-order valence-electron chi connectivity index (χ4n) is 4.37. The van der Waals surface area contributed by atoms with Crippen LogP contribution in [0.2, 0.25) is 0 Å². The van der Waals surface area contributed by atoms with Gasteiger partial charge in [0.05, 0.1) is 6.10 Å². The van der Waals surface area contributed by atoms with Crippen LogP contribution in [0.3, 0.4) is 0 Å². The second-order valence-corrected chi connectivity index (χ2v) is 8.81. The molecule has 2 atom stereocenters. The first-order valence-corrected chi connectivity index (χ1v) is 11.9. The Morgan fingerprint density at radius 2 is 1.50 bits per heavy atom. The molecule has 0 amide bonds. The van der Waals surface area contributed by atoms with Crippen molar-refractivity contribution in [3.8, 4) is 5.75 Å². The average Bonchev–Trinajstić information content (AvgIpc) is 2.88. The molecule has 3 aromatic carbocycles. The number of hydrogen-bond acceptors (Lipinski definition) is 5. The zero-order valence-electron chi connectivity index (χ0n) is 19.4. The molecule has 0 bridgehead atoms. The molecule has 0 aliphatic carbocycles. The van der Waals surface area contributed by atoms with Crippen molar-refractivity contribution in [2.24, 2.45) is 0 Å². The van der Waals surface area contributed by atoms with Gasteiger partial charge in [-0.1, -0.05) is 48.5 Å². The highest BCUT2D eigenvalue weighted by molar-refractivity contribution is 5.46. The van der Waals surface area contributed by atoms with Crippen LogP contribution in [0.4, 0.5) is 10.1 Å². The molecule has 0 saturated carbocycles. The van der Waals surface area contributed by atoms with Gasteiger partial charge in [-0.2, -0.15) is 0 Å². The summed E-state index contributed by atoms with van der Waals surface area (Å²) in [4.78, 5) is 4.45. The molecule has 1 aliphatic heterocycles. The Balaban J connectivity index is 1.23. The molecule has 180 valence electrons. The first kappa shape index (κ1) is 24.2. The monoisotopic (exact) mass is 464 g/mol. The van der Waals surface area contributed by atoms with Gasteiger partial charge >= 0.3 is 0 Å². The van der Waals surface area contributed by atoms with Crippen molar-refractivity contribution < 1.29 is 19.3 Å². The largest absolute Gasteiger partial charge is 0.490 e. The molecule has 2 N–H and O–H groups in total. The molecule has 34 heavy (non-hydrogen) atoms. The number of hydrogen-bond donors (Lipinski definition) is 2. The summed E-state index contributed by atoms with van der Waals surface area (Å²) in [5.74, 6) is 0.388. The van der Waals surface area contributed by atoms with Crippen LogP contribution in [0.25, 0.3) is 0 Å². The van der Waals surface area contributed by atoms with Crippen LogP contribution < -0.4 is 9.64 Å². The maximum Gasteiger partial charge on any atom is 0.125 e. The van der Waals surface area contributed by atoms with Crippen LogP contribution in [0.15, 0.2) is 78.9 Å². The number of halogens is 1. The van der Waals surface area contributed by atoms with Gasteiger partial charge in [-0.15, -0.1) is 0 Å². The number of aryl methyl sites for hydroxylation is 1. The summed E-state index contributed by atoms with van der Waals surface area (Å²) in [6.07, 6.45) is 0.119. The summed E-state index contributed by atoms with van der Waals surface area (Å²) in [6, 6.07) is 24.2. The Kier molecular flexibility index (Phi) is 8.52. The third kappa shape index (κ3) is 6.79. The quantitative estimate of drug-likeness (QED) is 0.474. The zero-order chi connectivity index (χ0) is 23.8. The van der Waals surface area contributed by atoms with Gasteiger partial charge in [0.15, 0.2) is 0 Å². The predicted octanol–water partition coefficient (Wildman–Crippen LogP) is 4.05. The van der Waals surface area contributed by atoms with E-state index < -0.39 is 12.2 Å². The van der Waals surface area contributed by atoms with Crippen molar-refractivity contribution in [1.29, 1.82) is 0 Å². The second-order valence-electron chi connectivity index (χ2n) is 8.81. The smallest absolute Gasteiger partial charge is 0.125 e. The molecule has 6 heteroatoms. The number of benzene rings is 3. The molecule has 2 unspecified atom stereocenters. The van der Waals surface area contributed by atoms with Gasteiger partial charge < -0.3 is 19.8 Å². The van der Waals surface area contributed by atoms with E-state index in [2.05, 4.69) is 21.9 Å². The predicted molar refractivity (Wildman–Crippen MR) is 133 cm³/mol. The fraction of sp³-hybridized carbons (Fsp3) is 0.357. The van der Waals surface area contributed by atoms with Gasteiger partial charge in [-0.05, 0) is 48.7 Å². The van der Waals surface area contributed by atoms with Gasteiger partial charge in [0.25, 0.3) is 0 Å². The first-order chi connectivity index (χ1) is 16.6. The molecular formula is C28H33FN2O3. The molecule has 1 aliphatic rings. The number of anilines is 1. The fourth-order valence-corrected chi connectivity index (χ4v) is 4.37. The Morgan fingerprint density at radius 1 is 0.824 bits per heavy atom. The second kappa shape index (κ2) is 12.0.